The van der Waals surface area contributed by atoms with Crippen LogP contribution in [0.25, 0.3) is 11.4 Å². The van der Waals surface area contributed by atoms with E-state index < -0.39 is 0 Å². The predicted molar refractivity (Wildman–Crippen MR) is 107 cm³/mol. The summed E-state index contributed by atoms with van der Waals surface area (Å²) in [6.45, 7) is 0.530. The lowest BCUT2D eigenvalue weighted by atomic mass is 10.2. The lowest BCUT2D eigenvalue weighted by molar-refractivity contribution is -0.124. The molecule has 0 atom stereocenters. The summed E-state index contributed by atoms with van der Waals surface area (Å²) in [4.78, 5) is 27.3. The summed E-state index contributed by atoms with van der Waals surface area (Å²) >= 11 is 1.28. The average Bonchev–Trinajstić information content (AvgIpc) is 3.14. The number of aromatic nitrogens is 4. The number of rotatable bonds is 8. The third-order valence-electron chi connectivity index (χ3n) is 3.90. The van der Waals surface area contributed by atoms with Crippen molar-refractivity contribution < 1.29 is 9.59 Å². The molecule has 0 saturated heterocycles. The maximum Gasteiger partial charge on any atom is 0.239 e. The van der Waals surface area contributed by atoms with E-state index in [0.29, 0.717) is 17.5 Å². The standard InChI is InChI=1S/C19H20N6O2S/c1-20-16(26)11-22-17(27)13-28-19-24-23-18(15-7-9-21-10-8-15)25(19)12-14-5-3-2-4-6-14/h2-10H,11-13H2,1H3,(H,20,26)(H,22,27). The number of nitrogens with one attached hydrogen (secondary N) is 2. The van der Waals surface area contributed by atoms with Crippen molar-refractivity contribution in [2.45, 2.75) is 11.7 Å². The Hall–Kier alpha value is -3.20. The summed E-state index contributed by atoms with van der Waals surface area (Å²) in [6.07, 6.45) is 3.41. The van der Waals surface area contributed by atoms with Crippen LogP contribution in [0, 0.1) is 0 Å². The summed E-state index contributed by atoms with van der Waals surface area (Å²) in [6, 6.07) is 13.7. The quantitative estimate of drug-likeness (QED) is 0.557. The average molecular weight is 396 g/mol. The van der Waals surface area contributed by atoms with Gasteiger partial charge < -0.3 is 10.6 Å². The van der Waals surface area contributed by atoms with Gasteiger partial charge in [0.05, 0.1) is 18.8 Å². The lowest BCUT2D eigenvalue weighted by Gasteiger charge is -2.10. The van der Waals surface area contributed by atoms with Gasteiger partial charge in [0.1, 0.15) is 0 Å². The monoisotopic (exact) mass is 396 g/mol. The molecule has 0 bridgehead atoms. The number of pyridine rings is 1. The van der Waals surface area contributed by atoms with E-state index in [9.17, 15) is 9.59 Å². The molecule has 144 valence electrons. The first-order valence-electron chi connectivity index (χ1n) is 8.65. The minimum absolute atomic E-state index is 0.0468. The normalized spacial score (nSPS) is 10.5. The fourth-order valence-electron chi connectivity index (χ4n) is 2.47. The molecule has 0 unspecified atom stereocenters. The molecule has 0 aliphatic heterocycles. The first kappa shape index (κ1) is 19.6. The van der Waals surface area contributed by atoms with Crippen LogP contribution in [0.15, 0.2) is 60.0 Å². The number of carbonyl (C=O) groups excluding carboxylic acids is 2. The molecular formula is C19H20N6O2S. The Bertz CT molecular complexity index is 930. The topological polar surface area (TPSA) is 102 Å². The number of carbonyl (C=O) groups is 2. The van der Waals surface area contributed by atoms with Crippen molar-refractivity contribution >= 4 is 23.6 Å². The van der Waals surface area contributed by atoms with Crippen LogP contribution in [0.3, 0.4) is 0 Å². The molecule has 3 aromatic rings. The maximum atomic E-state index is 12.0. The van der Waals surface area contributed by atoms with E-state index in [1.54, 1.807) is 12.4 Å². The largest absolute Gasteiger partial charge is 0.358 e. The van der Waals surface area contributed by atoms with Crippen LogP contribution < -0.4 is 10.6 Å². The van der Waals surface area contributed by atoms with Crippen LogP contribution in [0.1, 0.15) is 5.56 Å². The highest BCUT2D eigenvalue weighted by molar-refractivity contribution is 7.99. The van der Waals surface area contributed by atoms with Crippen LogP contribution in [-0.4, -0.2) is 50.9 Å². The molecule has 0 radical (unpaired) electrons. The van der Waals surface area contributed by atoms with E-state index in [2.05, 4.69) is 25.8 Å². The molecule has 0 fully saturated rings. The van der Waals surface area contributed by atoms with Gasteiger partial charge in [0.2, 0.25) is 11.8 Å². The van der Waals surface area contributed by atoms with Crippen LogP contribution in [0.4, 0.5) is 0 Å². The number of likely N-dealkylation sites (N-methyl/N-ethyl adjacent to an activating group) is 1. The fraction of sp³-hybridized carbons (Fsp3) is 0.211. The van der Waals surface area contributed by atoms with E-state index in [1.807, 2.05) is 47.0 Å². The van der Waals surface area contributed by atoms with E-state index in [1.165, 1.54) is 18.8 Å². The van der Waals surface area contributed by atoms with Crippen LogP contribution >= 0.6 is 11.8 Å². The first-order valence-corrected chi connectivity index (χ1v) is 9.63. The Labute approximate surface area is 166 Å². The minimum atomic E-state index is -0.245. The van der Waals surface area contributed by atoms with Gasteiger partial charge in [-0.3, -0.25) is 19.1 Å². The molecular weight excluding hydrogens is 376 g/mol. The second kappa shape index (κ2) is 9.65. The number of hydrogen-bond acceptors (Lipinski definition) is 6. The third kappa shape index (κ3) is 5.17. The van der Waals surface area contributed by atoms with Gasteiger partial charge in [-0.05, 0) is 17.7 Å². The predicted octanol–water partition coefficient (Wildman–Crippen LogP) is 1.34. The Morgan fingerprint density at radius 1 is 1.04 bits per heavy atom. The van der Waals surface area contributed by atoms with Crippen LogP contribution in [-0.2, 0) is 16.1 Å². The molecule has 8 nitrogen and oxygen atoms in total. The highest BCUT2D eigenvalue weighted by atomic mass is 32.2. The van der Waals surface area contributed by atoms with Crippen molar-refractivity contribution in [2.24, 2.45) is 0 Å². The van der Waals surface area contributed by atoms with Gasteiger partial charge in [0.15, 0.2) is 11.0 Å². The number of amides is 2. The number of hydrogen-bond donors (Lipinski definition) is 2. The van der Waals surface area contributed by atoms with Crippen LogP contribution in [0.5, 0.6) is 0 Å². The molecule has 2 heterocycles. The van der Waals surface area contributed by atoms with Gasteiger partial charge >= 0.3 is 0 Å². The van der Waals surface area contributed by atoms with Gasteiger partial charge in [-0.2, -0.15) is 0 Å². The molecule has 1 aromatic carbocycles. The smallest absolute Gasteiger partial charge is 0.239 e. The Morgan fingerprint density at radius 3 is 2.50 bits per heavy atom. The second-order valence-corrected chi connectivity index (χ2v) is 6.79. The van der Waals surface area contributed by atoms with Crippen molar-refractivity contribution in [3.8, 4) is 11.4 Å². The Balaban J connectivity index is 1.78. The highest BCUT2D eigenvalue weighted by Gasteiger charge is 2.16. The molecule has 28 heavy (non-hydrogen) atoms. The van der Waals surface area contributed by atoms with E-state index in [4.69, 9.17) is 0 Å². The molecule has 0 aliphatic carbocycles. The van der Waals surface area contributed by atoms with Gasteiger partial charge in [-0.25, -0.2) is 0 Å². The zero-order chi connectivity index (χ0) is 19.8. The summed E-state index contributed by atoms with van der Waals surface area (Å²) in [5.74, 6) is 0.360. The van der Waals surface area contributed by atoms with Gasteiger partial charge in [-0.1, -0.05) is 42.1 Å². The van der Waals surface area contributed by atoms with Gasteiger partial charge in [0, 0.05) is 25.0 Å². The lowest BCUT2D eigenvalue weighted by Crippen LogP contribution is -2.36. The molecule has 3 rings (SSSR count). The maximum absolute atomic E-state index is 12.0. The third-order valence-corrected chi connectivity index (χ3v) is 4.86. The summed E-state index contributed by atoms with van der Waals surface area (Å²) in [5.41, 5.74) is 2.00. The Morgan fingerprint density at radius 2 is 1.79 bits per heavy atom. The number of thioether (sulfide) groups is 1. The van der Waals surface area contributed by atoms with Crippen molar-refractivity contribution in [2.75, 3.05) is 19.3 Å². The first-order chi connectivity index (χ1) is 13.7. The number of benzene rings is 1. The molecule has 0 saturated carbocycles. The van der Waals surface area contributed by atoms with Crippen molar-refractivity contribution in [1.82, 2.24) is 30.4 Å². The van der Waals surface area contributed by atoms with Crippen molar-refractivity contribution in [3.63, 3.8) is 0 Å². The molecule has 2 N–H and O–H groups in total. The summed E-state index contributed by atoms with van der Waals surface area (Å²) in [5, 5.41) is 14.2. The molecule has 0 aliphatic rings. The van der Waals surface area contributed by atoms with E-state index in [-0.39, 0.29) is 24.1 Å². The highest BCUT2D eigenvalue weighted by Crippen LogP contribution is 2.24. The zero-order valence-electron chi connectivity index (χ0n) is 15.3. The molecule has 0 spiro atoms. The Kier molecular flexibility index (Phi) is 6.74. The van der Waals surface area contributed by atoms with Gasteiger partial charge in [0.25, 0.3) is 0 Å². The SMILES string of the molecule is CNC(=O)CNC(=O)CSc1nnc(-c2ccncc2)n1Cc1ccccc1. The second-order valence-electron chi connectivity index (χ2n) is 5.85. The van der Waals surface area contributed by atoms with Gasteiger partial charge in [-0.15, -0.1) is 10.2 Å². The minimum Gasteiger partial charge on any atom is -0.358 e. The van der Waals surface area contributed by atoms with E-state index >= 15 is 0 Å². The summed E-state index contributed by atoms with van der Waals surface area (Å²) < 4.78 is 1.97. The molecule has 9 heteroatoms. The van der Waals surface area contributed by atoms with E-state index in [0.717, 1.165) is 11.1 Å². The van der Waals surface area contributed by atoms with Crippen molar-refractivity contribution in [1.29, 1.82) is 0 Å². The van der Waals surface area contributed by atoms with Crippen molar-refractivity contribution in [3.05, 3.63) is 60.4 Å². The fourth-order valence-corrected chi connectivity index (χ4v) is 3.23. The number of nitrogens with zero attached hydrogens (tertiary/aromatic N) is 4. The van der Waals surface area contributed by atoms with Crippen LogP contribution in [0.2, 0.25) is 0 Å². The zero-order valence-corrected chi connectivity index (χ0v) is 16.1. The molecule has 2 amide bonds. The molecule has 2 aromatic heterocycles. The summed E-state index contributed by atoms with van der Waals surface area (Å²) in [7, 11) is 1.52.